The molecule has 0 aliphatic carbocycles. The highest BCUT2D eigenvalue weighted by atomic mass is 16.4. The fourth-order valence-electron chi connectivity index (χ4n) is 1.78. The van der Waals surface area contributed by atoms with Gasteiger partial charge in [0.25, 0.3) is 5.91 Å². The first kappa shape index (κ1) is 13.0. The molecule has 0 aliphatic heterocycles. The monoisotopic (exact) mass is 262 g/mol. The summed E-state index contributed by atoms with van der Waals surface area (Å²) in [6.45, 7) is 3.32. The highest BCUT2D eigenvalue weighted by molar-refractivity contribution is 5.97. The Morgan fingerprint density at radius 1 is 1.32 bits per heavy atom. The van der Waals surface area contributed by atoms with Crippen LogP contribution in [0.4, 0.5) is 0 Å². The maximum Gasteiger partial charge on any atom is 0.305 e. The number of nitrogens with one attached hydrogen (secondary N) is 2. The minimum absolute atomic E-state index is 0.148. The van der Waals surface area contributed by atoms with Gasteiger partial charge in [0, 0.05) is 11.1 Å². The summed E-state index contributed by atoms with van der Waals surface area (Å²) in [7, 11) is 0. The van der Waals surface area contributed by atoms with Crippen molar-refractivity contribution in [2.24, 2.45) is 0 Å². The van der Waals surface area contributed by atoms with Crippen molar-refractivity contribution in [3.8, 4) is 0 Å². The zero-order valence-electron chi connectivity index (χ0n) is 10.6. The number of hydrogen-bond donors (Lipinski definition) is 3. The number of fused-ring (bicyclic) bond motifs is 1. The quantitative estimate of drug-likeness (QED) is 0.760. The van der Waals surface area contributed by atoms with E-state index in [1.54, 1.807) is 32.0 Å². The second kappa shape index (κ2) is 4.68. The van der Waals surface area contributed by atoms with Gasteiger partial charge in [-0.3, -0.25) is 9.59 Å². The maximum absolute atomic E-state index is 12.0. The number of benzene rings is 1. The van der Waals surface area contributed by atoms with Gasteiger partial charge in [0.05, 0.1) is 6.42 Å². The number of aliphatic carboxylic acids is 1. The molecule has 0 atom stereocenters. The Kier molecular flexibility index (Phi) is 3.20. The van der Waals surface area contributed by atoms with Gasteiger partial charge >= 0.3 is 5.97 Å². The lowest BCUT2D eigenvalue weighted by molar-refractivity contribution is -0.138. The Morgan fingerprint density at radius 3 is 2.68 bits per heavy atom. The third-order valence-corrected chi connectivity index (χ3v) is 2.62. The number of aromatic nitrogens is 3. The van der Waals surface area contributed by atoms with Gasteiger partial charge in [0.2, 0.25) is 0 Å². The van der Waals surface area contributed by atoms with Gasteiger partial charge in [-0.2, -0.15) is 15.4 Å². The Bertz CT molecular complexity index is 633. The summed E-state index contributed by atoms with van der Waals surface area (Å²) < 4.78 is 0. The van der Waals surface area contributed by atoms with E-state index in [2.05, 4.69) is 20.7 Å². The van der Waals surface area contributed by atoms with Gasteiger partial charge in [0.15, 0.2) is 0 Å². The summed E-state index contributed by atoms with van der Waals surface area (Å²) in [5.74, 6) is -1.30. The largest absolute Gasteiger partial charge is 0.481 e. The number of rotatable bonds is 4. The molecule has 2 rings (SSSR count). The van der Waals surface area contributed by atoms with Gasteiger partial charge < -0.3 is 10.4 Å². The van der Waals surface area contributed by atoms with E-state index in [4.69, 9.17) is 5.11 Å². The molecular formula is C12H14N4O3. The van der Waals surface area contributed by atoms with Crippen LogP contribution in [0.5, 0.6) is 0 Å². The Morgan fingerprint density at radius 2 is 2.00 bits per heavy atom. The van der Waals surface area contributed by atoms with Gasteiger partial charge in [-0.15, -0.1) is 0 Å². The number of nitrogens with zero attached hydrogens (tertiary/aromatic N) is 2. The van der Waals surface area contributed by atoms with Gasteiger partial charge in [0.1, 0.15) is 11.0 Å². The SMILES string of the molecule is CC(C)(CC(=O)O)NC(=O)c1ccc2n[nH]nc2c1. The van der Waals surface area contributed by atoms with E-state index in [0.29, 0.717) is 16.6 Å². The Labute approximate surface area is 109 Å². The van der Waals surface area contributed by atoms with Crippen LogP contribution in [-0.2, 0) is 4.79 Å². The summed E-state index contributed by atoms with van der Waals surface area (Å²) in [6.07, 6.45) is -0.148. The van der Waals surface area contributed by atoms with Crippen molar-refractivity contribution in [3.05, 3.63) is 23.8 Å². The van der Waals surface area contributed by atoms with Crippen LogP contribution in [0.25, 0.3) is 11.0 Å². The molecule has 0 saturated heterocycles. The molecule has 7 nitrogen and oxygen atoms in total. The first-order valence-corrected chi connectivity index (χ1v) is 5.72. The summed E-state index contributed by atoms with van der Waals surface area (Å²) in [5, 5.41) is 21.7. The molecule has 1 aromatic carbocycles. The lowest BCUT2D eigenvalue weighted by Gasteiger charge is -2.24. The first-order chi connectivity index (χ1) is 8.87. The van der Waals surface area contributed by atoms with Crippen LogP contribution < -0.4 is 5.32 Å². The average molecular weight is 262 g/mol. The molecule has 0 bridgehead atoms. The number of carboxylic acids is 1. The molecule has 100 valence electrons. The van der Waals surface area contributed by atoms with Crippen molar-refractivity contribution in [1.29, 1.82) is 0 Å². The number of carbonyl (C=O) groups is 2. The molecule has 1 amide bonds. The van der Waals surface area contributed by atoms with Crippen molar-refractivity contribution >= 4 is 22.9 Å². The van der Waals surface area contributed by atoms with Crippen molar-refractivity contribution < 1.29 is 14.7 Å². The van der Waals surface area contributed by atoms with Crippen molar-refractivity contribution in [2.45, 2.75) is 25.8 Å². The van der Waals surface area contributed by atoms with Gasteiger partial charge in [-0.25, -0.2) is 0 Å². The minimum atomic E-state index is -0.961. The number of H-pyrrole nitrogens is 1. The number of carboxylic acid groups (broad SMARTS) is 1. The third kappa shape index (κ3) is 3.06. The summed E-state index contributed by atoms with van der Waals surface area (Å²) in [5.41, 5.74) is 0.853. The molecule has 1 aromatic heterocycles. The smallest absolute Gasteiger partial charge is 0.305 e. The highest BCUT2D eigenvalue weighted by Crippen LogP contribution is 2.13. The van der Waals surface area contributed by atoms with Crippen LogP contribution in [0.1, 0.15) is 30.6 Å². The molecule has 0 saturated carbocycles. The molecule has 1 heterocycles. The zero-order valence-corrected chi connectivity index (χ0v) is 10.6. The van der Waals surface area contributed by atoms with Crippen molar-refractivity contribution in [3.63, 3.8) is 0 Å². The Hall–Kier alpha value is -2.44. The second-order valence-corrected chi connectivity index (χ2v) is 4.94. The zero-order chi connectivity index (χ0) is 14.0. The molecule has 0 spiro atoms. The van der Waals surface area contributed by atoms with E-state index >= 15 is 0 Å². The van der Waals surface area contributed by atoms with E-state index in [9.17, 15) is 9.59 Å². The van der Waals surface area contributed by atoms with Crippen molar-refractivity contribution in [2.75, 3.05) is 0 Å². The van der Waals surface area contributed by atoms with Crippen LogP contribution in [0.2, 0.25) is 0 Å². The fraction of sp³-hybridized carbons (Fsp3) is 0.333. The second-order valence-electron chi connectivity index (χ2n) is 4.94. The van der Waals surface area contributed by atoms with E-state index < -0.39 is 11.5 Å². The first-order valence-electron chi connectivity index (χ1n) is 5.72. The standard InChI is InChI=1S/C12H14N4O3/c1-12(2,6-10(17)18)13-11(19)7-3-4-8-9(5-7)15-16-14-8/h3-5H,6H2,1-2H3,(H,13,19)(H,17,18)(H,14,15,16). The maximum atomic E-state index is 12.0. The molecule has 3 N–H and O–H groups in total. The predicted octanol–water partition coefficient (Wildman–Crippen LogP) is 0.941. The molecule has 0 fully saturated rings. The van der Waals surface area contributed by atoms with Crippen LogP contribution in [0.15, 0.2) is 18.2 Å². The molecule has 19 heavy (non-hydrogen) atoms. The van der Waals surface area contributed by atoms with Crippen LogP contribution in [0.3, 0.4) is 0 Å². The Balaban J connectivity index is 2.17. The molecule has 0 aliphatic rings. The topological polar surface area (TPSA) is 108 Å². The lowest BCUT2D eigenvalue weighted by atomic mass is 10.00. The number of carbonyl (C=O) groups excluding carboxylic acids is 1. The van der Waals surface area contributed by atoms with Crippen LogP contribution >= 0.6 is 0 Å². The minimum Gasteiger partial charge on any atom is -0.481 e. The average Bonchev–Trinajstić information content (AvgIpc) is 2.72. The summed E-state index contributed by atoms with van der Waals surface area (Å²) in [6, 6.07) is 4.90. The summed E-state index contributed by atoms with van der Waals surface area (Å²) in [4.78, 5) is 22.7. The van der Waals surface area contributed by atoms with Crippen molar-refractivity contribution in [1.82, 2.24) is 20.7 Å². The molecule has 7 heteroatoms. The highest BCUT2D eigenvalue weighted by Gasteiger charge is 2.24. The number of aromatic amines is 1. The predicted molar refractivity (Wildman–Crippen MR) is 67.7 cm³/mol. The lowest BCUT2D eigenvalue weighted by Crippen LogP contribution is -2.44. The van der Waals surface area contributed by atoms with Gasteiger partial charge in [-0.05, 0) is 32.0 Å². The number of hydrogen-bond acceptors (Lipinski definition) is 4. The van der Waals surface area contributed by atoms with Gasteiger partial charge in [-0.1, -0.05) is 0 Å². The van der Waals surface area contributed by atoms with E-state index in [1.165, 1.54) is 0 Å². The molecule has 0 radical (unpaired) electrons. The van der Waals surface area contributed by atoms with E-state index in [-0.39, 0.29) is 12.3 Å². The van der Waals surface area contributed by atoms with Crippen LogP contribution in [-0.4, -0.2) is 37.9 Å². The van der Waals surface area contributed by atoms with E-state index in [0.717, 1.165) is 0 Å². The molecule has 2 aromatic rings. The van der Waals surface area contributed by atoms with Crippen LogP contribution in [0, 0.1) is 0 Å². The number of amides is 1. The molecule has 0 unspecified atom stereocenters. The summed E-state index contributed by atoms with van der Waals surface area (Å²) >= 11 is 0. The fourth-order valence-corrected chi connectivity index (χ4v) is 1.78. The third-order valence-electron chi connectivity index (χ3n) is 2.62. The normalized spacial score (nSPS) is 11.5. The molecular weight excluding hydrogens is 248 g/mol. The van der Waals surface area contributed by atoms with E-state index in [1.807, 2.05) is 0 Å².